The molecule has 1 amide bonds. The second-order valence-corrected chi connectivity index (χ2v) is 5.98. The Morgan fingerprint density at radius 2 is 1.83 bits per heavy atom. The van der Waals surface area contributed by atoms with Crippen molar-refractivity contribution in [3.63, 3.8) is 0 Å². The zero-order valence-electron chi connectivity index (χ0n) is 13.6. The van der Waals surface area contributed by atoms with E-state index in [-0.39, 0.29) is 5.88 Å². The van der Waals surface area contributed by atoms with Gasteiger partial charge in [0.05, 0.1) is 19.6 Å². The first-order valence-electron chi connectivity index (χ1n) is 7.03. The third kappa shape index (κ3) is 4.84. The number of hydrogen-bond acceptors (Lipinski definition) is 5. The van der Waals surface area contributed by atoms with Crippen molar-refractivity contribution in [2.24, 2.45) is 5.41 Å². The maximum Gasteiger partial charge on any atom is 0.331 e. The first-order valence-corrected chi connectivity index (χ1v) is 7.57. The highest BCUT2D eigenvalue weighted by molar-refractivity contribution is 6.19. The van der Waals surface area contributed by atoms with E-state index in [1.807, 2.05) is 0 Å². The van der Waals surface area contributed by atoms with Crippen molar-refractivity contribution < 1.29 is 24.2 Å². The van der Waals surface area contributed by atoms with Crippen LogP contribution < -0.4 is 10.1 Å². The third-order valence-corrected chi connectivity index (χ3v) is 4.13. The Morgan fingerprint density at radius 1 is 1.26 bits per heavy atom. The number of carbonyl (C=O) groups is 2. The number of nitrogens with one attached hydrogen (secondary N) is 1. The zero-order valence-corrected chi connectivity index (χ0v) is 14.4. The molecule has 0 fully saturated rings. The van der Waals surface area contributed by atoms with Crippen LogP contribution in [0, 0.1) is 5.41 Å². The average molecular weight is 344 g/mol. The molecule has 2 unspecified atom stereocenters. The predicted octanol–water partition coefficient (Wildman–Crippen LogP) is 1.65. The van der Waals surface area contributed by atoms with Crippen LogP contribution in [-0.2, 0) is 14.3 Å². The molecule has 0 radical (unpaired) electrons. The average Bonchev–Trinajstić information content (AvgIpc) is 2.58. The van der Waals surface area contributed by atoms with Gasteiger partial charge in [-0.2, -0.15) is 0 Å². The first-order chi connectivity index (χ1) is 10.8. The van der Waals surface area contributed by atoms with Gasteiger partial charge in [0.1, 0.15) is 11.9 Å². The summed E-state index contributed by atoms with van der Waals surface area (Å²) in [5.41, 5.74) is -0.432. The topological polar surface area (TPSA) is 84.9 Å². The molecule has 0 heterocycles. The van der Waals surface area contributed by atoms with Gasteiger partial charge in [0.2, 0.25) is 5.91 Å². The molecule has 2 N–H and O–H groups in total. The molecule has 0 aromatic heterocycles. The second-order valence-electron chi connectivity index (χ2n) is 5.71. The van der Waals surface area contributed by atoms with Crippen molar-refractivity contribution in [1.82, 2.24) is 5.32 Å². The highest BCUT2D eigenvalue weighted by Gasteiger charge is 2.35. The molecular formula is C16H22ClNO5. The van der Waals surface area contributed by atoms with E-state index in [4.69, 9.17) is 16.3 Å². The number of hydrogen-bond donors (Lipinski definition) is 2. The van der Waals surface area contributed by atoms with Crippen molar-refractivity contribution >= 4 is 23.5 Å². The van der Waals surface area contributed by atoms with Crippen LogP contribution in [0.1, 0.15) is 25.5 Å². The SMILES string of the molecule is COC(=O)C(NC(=O)C(C)(C)CCl)C(O)c1ccc(OC)cc1. The number of esters is 1. The van der Waals surface area contributed by atoms with Crippen molar-refractivity contribution in [2.75, 3.05) is 20.1 Å². The molecule has 1 aromatic carbocycles. The Bertz CT molecular complexity index is 544. The van der Waals surface area contributed by atoms with Crippen LogP contribution in [0.2, 0.25) is 0 Å². The molecule has 0 bridgehead atoms. The number of methoxy groups -OCH3 is 2. The van der Waals surface area contributed by atoms with Crippen LogP contribution in [-0.4, -0.2) is 43.1 Å². The van der Waals surface area contributed by atoms with Crippen LogP contribution in [0.4, 0.5) is 0 Å². The molecule has 1 rings (SSSR count). The lowest BCUT2D eigenvalue weighted by atomic mass is 9.93. The van der Waals surface area contributed by atoms with E-state index in [2.05, 4.69) is 10.1 Å². The molecule has 0 saturated heterocycles. The van der Waals surface area contributed by atoms with Crippen LogP contribution >= 0.6 is 11.6 Å². The largest absolute Gasteiger partial charge is 0.497 e. The normalized spacial score (nSPS) is 13.8. The quantitative estimate of drug-likeness (QED) is 0.581. The van der Waals surface area contributed by atoms with E-state index in [1.165, 1.54) is 14.2 Å². The number of ether oxygens (including phenoxy) is 2. The number of carbonyl (C=O) groups excluding carboxylic acids is 2. The minimum absolute atomic E-state index is 0.0748. The van der Waals surface area contributed by atoms with Gasteiger partial charge < -0.3 is 19.9 Å². The van der Waals surface area contributed by atoms with Gasteiger partial charge in [0.25, 0.3) is 0 Å². The van der Waals surface area contributed by atoms with Gasteiger partial charge in [-0.3, -0.25) is 4.79 Å². The zero-order chi connectivity index (χ0) is 17.6. The summed E-state index contributed by atoms with van der Waals surface area (Å²) in [5, 5.41) is 12.9. The maximum atomic E-state index is 12.2. The van der Waals surface area contributed by atoms with Crippen molar-refractivity contribution in [3.8, 4) is 5.75 Å². The number of halogens is 1. The minimum atomic E-state index is -1.26. The number of amides is 1. The molecule has 128 valence electrons. The van der Waals surface area contributed by atoms with Crippen molar-refractivity contribution in [1.29, 1.82) is 0 Å². The Hall–Kier alpha value is -1.79. The second kappa shape index (κ2) is 8.17. The predicted molar refractivity (Wildman–Crippen MR) is 86.4 cm³/mol. The maximum absolute atomic E-state index is 12.2. The van der Waals surface area contributed by atoms with Gasteiger partial charge in [-0.1, -0.05) is 12.1 Å². The lowest BCUT2D eigenvalue weighted by Gasteiger charge is -2.27. The third-order valence-electron chi connectivity index (χ3n) is 3.46. The fourth-order valence-corrected chi connectivity index (χ4v) is 1.91. The lowest BCUT2D eigenvalue weighted by molar-refractivity contribution is -0.149. The molecule has 0 saturated carbocycles. The van der Waals surface area contributed by atoms with Crippen LogP contribution in [0.5, 0.6) is 5.75 Å². The van der Waals surface area contributed by atoms with Gasteiger partial charge in [-0.05, 0) is 31.5 Å². The highest BCUT2D eigenvalue weighted by Crippen LogP contribution is 2.23. The van der Waals surface area contributed by atoms with E-state index in [9.17, 15) is 14.7 Å². The summed E-state index contributed by atoms with van der Waals surface area (Å²) in [7, 11) is 2.71. The standard InChI is InChI=1S/C16H22ClNO5/c1-16(2,9-17)15(21)18-12(14(20)23-4)13(19)10-5-7-11(22-3)8-6-10/h5-8,12-13,19H,9H2,1-4H3,(H,18,21). The Labute approximate surface area is 140 Å². The Kier molecular flexibility index (Phi) is 6.84. The van der Waals surface area contributed by atoms with E-state index in [1.54, 1.807) is 38.1 Å². The van der Waals surface area contributed by atoms with E-state index in [0.29, 0.717) is 11.3 Å². The van der Waals surface area contributed by atoms with Crippen molar-refractivity contribution in [2.45, 2.75) is 26.0 Å². The molecule has 0 aliphatic carbocycles. The first kappa shape index (κ1) is 19.3. The Balaban J connectivity index is 3.00. The molecule has 0 aliphatic heterocycles. The van der Waals surface area contributed by atoms with Crippen LogP contribution in [0.3, 0.4) is 0 Å². The molecule has 7 heteroatoms. The number of aliphatic hydroxyl groups is 1. The Morgan fingerprint density at radius 3 is 2.26 bits per heavy atom. The van der Waals surface area contributed by atoms with Gasteiger partial charge in [-0.25, -0.2) is 4.79 Å². The van der Waals surface area contributed by atoms with Crippen LogP contribution in [0.25, 0.3) is 0 Å². The van der Waals surface area contributed by atoms with Gasteiger partial charge in [-0.15, -0.1) is 11.6 Å². The summed E-state index contributed by atoms with van der Waals surface area (Å²) in [4.78, 5) is 24.2. The molecule has 0 aliphatic rings. The fraction of sp³-hybridized carbons (Fsp3) is 0.500. The van der Waals surface area contributed by atoms with Gasteiger partial charge >= 0.3 is 5.97 Å². The summed E-state index contributed by atoms with van der Waals surface area (Å²) >= 11 is 5.76. The van der Waals surface area contributed by atoms with Gasteiger partial charge in [0, 0.05) is 5.88 Å². The van der Waals surface area contributed by atoms with Crippen molar-refractivity contribution in [3.05, 3.63) is 29.8 Å². The highest BCUT2D eigenvalue weighted by atomic mass is 35.5. The molecule has 0 spiro atoms. The number of rotatable bonds is 7. The monoisotopic (exact) mass is 343 g/mol. The number of benzene rings is 1. The molecular weight excluding hydrogens is 322 g/mol. The van der Waals surface area contributed by atoms with Gasteiger partial charge in [0.15, 0.2) is 6.04 Å². The van der Waals surface area contributed by atoms with Crippen LogP contribution in [0.15, 0.2) is 24.3 Å². The summed E-state index contributed by atoms with van der Waals surface area (Å²) < 4.78 is 9.72. The minimum Gasteiger partial charge on any atom is -0.497 e. The summed E-state index contributed by atoms with van der Waals surface area (Å²) in [6.45, 7) is 3.28. The van der Waals surface area contributed by atoms with E-state index >= 15 is 0 Å². The number of aliphatic hydroxyl groups excluding tert-OH is 1. The van der Waals surface area contributed by atoms with E-state index in [0.717, 1.165) is 0 Å². The lowest BCUT2D eigenvalue weighted by Crippen LogP contribution is -2.50. The smallest absolute Gasteiger partial charge is 0.331 e. The number of alkyl halides is 1. The molecule has 23 heavy (non-hydrogen) atoms. The molecule has 6 nitrogen and oxygen atoms in total. The summed E-state index contributed by atoms with van der Waals surface area (Å²) in [6, 6.07) is 5.29. The fourth-order valence-electron chi connectivity index (χ4n) is 1.78. The molecule has 1 aromatic rings. The molecule has 2 atom stereocenters. The summed E-state index contributed by atoms with van der Waals surface area (Å²) in [5.74, 6) is -0.504. The van der Waals surface area contributed by atoms with E-state index < -0.39 is 29.4 Å². The summed E-state index contributed by atoms with van der Waals surface area (Å²) in [6.07, 6.45) is -1.26.